The Morgan fingerprint density at radius 3 is 2.90 bits per heavy atom. The first-order valence-electron chi connectivity index (χ1n) is 7.20. The number of aryl methyl sites for hydroxylation is 1. The van der Waals surface area contributed by atoms with Crippen molar-refractivity contribution in [2.45, 2.75) is 58.2 Å². The Morgan fingerprint density at radius 2 is 2.25 bits per heavy atom. The lowest BCUT2D eigenvalue weighted by molar-refractivity contribution is 0.350. The Hall–Kier alpha value is -1.69. The van der Waals surface area contributed by atoms with E-state index < -0.39 is 0 Å². The third kappa shape index (κ3) is 2.90. The smallest absolute Gasteiger partial charge is 0.229 e. The van der Waals surface area contributed by atoms with Crippen LogP contribution in [-0.2, 0) is 6.54 Å². The average molecular weight is 275 g/mol. The molecule has 0 unspecified atom stereocenters. The van der Waals surface area contributed by atoms with Crippen molar-refractivity contribution in [2.75, 3.05) is 0 Å². The van der Waals surface area contributed by atoms with Crippen LogP contribution >= 0.6 is 0 Å². The van der Waals surface area contributed by atoms with Crippen LogP contribution < -0.4 is 5.32 Å². The quantitative estimate of drug-likeness (QED) is 0.875. The zero-order valence-corrected chi connectivity index (χ0v) is 12.2. The molecule has 1 N–H and O–H groups in total. The number of aromatic nitrogens is 4. The van der Waals surface area contributed by atoms with Crippen molar-refractivity contribution in [3.8, 4) is 0 Å². The summed E-state index contributed by atoms with van der Waals surface area (Å²) in [5.74, 6) is 2.05. The third-order valence-corrected chi connectivity index (χ3v) is 3.86. The molecule has 0 aromatic carbocycles. The van der Waals surface area contributed by atoms with Crippen LogP contribution in [0.2, 0.25) is 0 Å². The fourth-order valence-corrected chi connectivity index (χ4v) is 2.14. The summed E-state index contributed by atoms with van der Waals surface area (Å²) in [6.07, 6.45) is 6.30. The molecule has 20 heavy (non-hydrogen) atoms. The van der Waals surface area contributed by atoms with Crippen LogP contribution in [-0.4, -0.2) is 26.0 Å². The molecule has 1 saturated carbocycles. The molecule has 0 amide bonds. The van der Waals surface area contributed by atoms with Gasteiger partial charge in [0.2, 0.25) is 5.89 Å². The summed E-state index contributed by atoms with van der Waals surface area (Å²) in [4.78, 5) is 4.42. The van der Waals surface area contributed by atoms with Crippen LogP contribution in [0.1, 0.15) is 55.9 Å². The van der Waals surface area contributed by atoms with Crippen molar-refractivity contribution in [1.82, 2.24) is 25.2 Å². The van der Waals surface area contributed by atoms with E-state index in [-0.39, 0.29) is 12.1 Å². The number of rotatable bonds is 6. The predicted molar refractivity (Wildman–Crippen MR) is 74.2 cm³/mol. The highest BCUT2D eigenvalue weighted by molar-refractivity contribution is 5.02. The molecule has 108 valence electrons. The molecular weight excluding hydrogens is 254 g/mol. The van der Waals surface area contributed by atoms with Gasteiger partial charge in [-0.3, -0.25) is 4.68 Å². The molecule has 2 aromatic rings. The summed E-state index contributed by atoms with van der Waals surface area (Å²) in [6, 6.07) is 0.552. The molecule has 0 spiro atoms. The van der Waals surface area contributed by atoms with Gasteiger partial charge in [0, 0.05) is 18.2 Å². The molecule has 2 aromatic heterocycles. The molecule has 3 rings (SSSR count). The lowest BCUT2D eigenvalue weighted by Crippen LogP contribution is -2.33. The second-order valence-electron chi connectivity index (χ2n) is 5.73. The fraction of sp³-hybridized carbons (Fsp3) is 0.643. The molecule has 6 nitrogen and oxygen atoms in total. The molecule has 2 heterocycles. The third-order valence-electron chi connectivity index (χ3n) is 3.86. The fourth-order valence-electron chi connectivity index (χ4n) is 2.14. The second kappa shape index (κ2) is 5.36. The van der Waals surface area contributed by atoms with E-state index in [1.807, 2.05) is 17.8 Å². The SMILES string of the molecule is Cc1cnn([C@H](C)[C@H](C)NCc2noc(C3CC3)n2)c1. The summed E-state index contributed by atoms with van der Waals surface area (Å²) < 4.78 is 7.24. The summed E-state index contributed by atoms with van der Waals surface area (Å²) >= 11 is 0. The first kappa shape index (κ1) is 13.3. The lowest BCUT2D eigenvalue weighted by Gasteiger charge is -2.21. The van der Waals surface area contributed by atoms with E-state index >= 15 is 0 Å². The molecule has 1 aliphatic rings. The van der Waals surface area contributed by atoms with Crippen LogP contribution in [0.15, 0.2) is 16.9 Å². The van der Waals surface area contributed by atoms with Crippen LogP contribution in [0.5, 0.6) is 0 Å². The van der Waals surface area contributed by atoms with Gasteiger partial charge < -0.3 is 9.84 Å². The molecule has 0 bridgehead atoms. The van der Waals surface area contributed by atoms with E-state index in [1.54, 1.807) is 0 Å². The maximum absolute atomic E-state index is 5.25. The van der Waals surface area contributed by atoms with E-state index in [4.69, 9.17) is 4.52 Å². The van der Waals surface area contributed by atoms with Crippen molar-refractivity contribution in [3.63, 3.8) is 0 Å². The van der Waals surface area contributed by atoms with Gasteiger partial charge in [-0.05, 0) is 39.2 Å². The van der Waals surface area contributed by atoms with Gasteiger partial charge in [0.05, 0.1) is 18.8 Å². The van der Waals surface area contributed by atoms with E-state index in [0.717, 1.165) is 11.7 Å². The normalized spacial score (nSPS) is 18.1. The molecule has 1 aliphatic carbocycles. The van der Waals surface area contributed by atoms with Crippen molar-refractivity contribution in [2.24, 2.45) is 0 Å². The van der Waals surface area contributed by atoms with Crippen LogP contribution in [0.25, 0.3) is 0 Å². The largest absolute Gasteiger partial charge is 0.339 e. The molecule has 0 saturated heterocycles. The van der Waals surface area contributed by atoms with E-state index in [2.05, 4.69) is 40.6 Å². The summed E-state index contributed by atoms with van der Waals surface area (Å²) in [5.41, 5.74) is 1.18. The second-order valence-corrected chi connectivity index (χ2v) is 5.73. The lowest BCUT2D eigenvalue weighted by atomic mass is 10.2. The minimum Gasteiger partial charge on any atom is -0.339 e. The molecule has 2 atom stereocenters. The van der Waals surface area contributed by atoms with Gasteiger partial charge in [-0.15, -0.1) is 0 Å². The topological polar surface area (TPSA) is 68.8 Å². The van der Waals surface area contributed by atoms with Crippen LogP contribution in [0.3, 0.4) is 0 Å². The molecule has 6 heteroatoms. The summed E-state index contributed by atoms with van der Waals surface area (Å²) in [5, 5.41) is 11.8. The highest BCUT2D eigenvalue weighted by atomic mass is 16.5. The Labute approximate surface area is 118 Å². The number of nitrogens with zero attached hydrogens (tertiary/aromatic N) is 4. The number of hydrogen-bond donors (Lipinski definition) is 1. The number of nitrogens with one attached hydrogen (secondary N) is 1. The van der Waals surface area contributed by atoms with Gasteiger partial charge in [0.25, 0.3) is 0 Å². The van der Waals surface area contributed by atoms with Gasteiger partial charge in [-0.25, -0.2) is 0 Å². The maximum atomic E-state index is 5.25. The van der Waals surface area contributed by atoms with Gasteiger partial charge in [-0.1, -0.05) is 5.16 Å². The van der Waals surface area contributed by atoms with Gasteiger partial charge >= 0.3 is 0 Å². The first-order valence-corrected chi connectivity index (χ1v) is 7.20. The van der Waals surface area contributed by atoms with Crippen LogP contribution in [0, 0.1) is 6.92 Å². The minimum absolute atomic E-state index is 0.275. The minimum atomic E-state index is 0.275. The zero-order chi connectivity index (χ0) is 14.1. The van der Waals surface area contributed by atoms with Gasteiger partial charge in [0.15, 0.2) is 5.82 Å². The molecule has 0 radical (unpaired) electrons. The standard InChI is InChI=1S/C14H21N5O/c1-9-6-16-19(8-9)11(3)10(2)15-7-13-17-14(20-18-13)12-4-5-12/h6,8,10-12,15H,4-5,7H2,1-3H3/t10-,11+/m0/s1. The van der Waals surface area contributed by atoms with Gasteiger partial charge in [-0.2, -0.15) is 10.1 Å². The van der Waals surface area contributed by atoms with E-state index in [1.165, 1.54) is 18.4 Å². The first-order chi connectivity index (χ1) is 9.63. The Kier molecular flexibility index (Phi) is 3.56. The summed E-state index contributed by atoms with van der Waals surface area (Å²) in [7, 11) is 0. The van der Waals surface area contributed by atoms with E-state index in [0.29, 0.717) is 12.5 Å². The van der Waals surface area contributed by atoms with Crippen LogP contribution in [0.4, 0.5) is 0 Å². The highest BCUT2D eigenvalue weighted by Crippen LogP contribution is 2.38. The van der Waals surface area contributed by atoms with E-state index in [9.17, 15) is 0 Å². The highest BCUT2D eigenvalue weighted by Gasteiger charge is 2.29. The monoisotopic (exact) mass is 275 g/mol. The maximum Gasteiger partial charge on any atom is 0.229 e. The van der Waals surface area contributed by atoms with Gasteiger partial charge in [0.1, 0.15) is 0 Å². The summed E-state index contributed by atoms with van der Waals surface area (Å²) in [6.45, 7) is 6.97. The Morgan fingerprint density at radius 1 is 1.45 bits per heavy atom. The molecule has 0 aliphatic heterocycles. The Bertz CT molecular complexity index is 572. The van der Waals surface area contributed by atoms with Crippen molar-refractivity contribution in [3.05, 3.63) is 29.7 Å². The predicted octanol–water partition coefficient (Wildman–Crippen LogP) is 2.19. The average Bonchev–Trinajstić information content (AvgIpc) is 3.03. The molecular formula is C14H21N5O. The van der Waals surface area contributed by atoms with Crippen molar-refractivity contribution < 1.29 is 4.52 Å². The number of hydrogen-bond acceptors (Lipinski definition) is 5. The molecule has 1 fully saturated rings. The zero-order valence-electron chi connectivity index (χ0n) is 12.2. The van der Waals surface area contributed by atoms with Crippen molar-refractivity contribution in [1.29, 1.82) is 0 Å². The van der Waals surface area contributed by atoms with Crippen molar-refractivity contribution >= 4 is 0 Å². The Balaban J connectivity index is 1.53.